The molecular formula is C18H21N3. The summed E-state index contributed by atoms with van der Waals surface area (Å²) in [6.45, 7) is 4.05. The number of nitrogens with one attached hydrogen (secondary N) is 1. The molecule has 1 unspecified atom stereocenters. The fraction of sp³-hybridized carbons (Fsp3) is 0.278. The van der Waals surface area contributed by atoms with Crippen molar-refractivity contribution in [3.05, 3.63) is 66.5 Å². The van der Waals surface area contributed by atoms with Gasteiger partial charge in [-0.3, -0.25) is 4.68 Å². The van der Waals surface area contributed by atoms with Gasteiger partial charge in [-0.15, -0.1) is 0 Å². The third-order valence-corrected chi connectivity index (χ3v) is 3.77. The van der Waals surface area contributed by atoms with Crippen molar-refractivity contribution >= 4 is 10.8 Å². The molecule has 0 fully saturated rings. The molecule has 0 radical (unpaired) electrons. The van der Waals surface area contributed by atoms with Crippen LogP contribution in [-0.4, -0.2) is 16.3 Å². The monoisotopic (exact) mass is 279 g/mol. The highest BCUT2D eigenvalue weighted by atomic mass is 15.3. The molecule has 1 atom stereocenters. The smallest absolute Gasteiger partial charge is 0.0604 e. The van der Waals surface area contributed by atoms with Gasteiger partial charge in [0.1, 0.15) is 0 Å². The Hall–Kier alpha value is -2.13. The van der Waals surface area contributed by atoms with E-state index in [4.69, 9.17) is 0 Å². The Morgan fingerprint density at radius 3 is 2.76 bits per heavy atom. The Kier molecular flexibility index (Phi) is 4.31. The first kappa shape index (κ1) is 13.8. The minimum absolute atomic E-state index is 0.274. The molecule has 0 aliphatic carbocycles. The predicted molar refractivity (Wildman–Crippen MR) is 87.2 cm³/mol. The molecule has 3 nitrogen and oxygen atoms in total. The van der Waals surface area contributed by atoms with E-state index in [2.05, 4.69) is 59.8 Å². The maximum absolute atomic E-state index is 4.35. The molecule has 0 amide bonds. The number of rotatable bonds is 6. The first-order chi connectivity index (χ1) is 10.4. The third kappa shape index (κ3) is 3.14. The van der Waals surface area contributed by atoms with Gasteiger partial charge in [-0.05, 0) is 35.4 Å². The second-order valence-corrected chi connectivity index (χ2v) is 5.30. The van der Waals surface area contributed by atoms with E-state index < -0.39 is 0 Å². The summed E-state index contributed by atoms with van der Waals surface area (Å²) in [4.78, 5) is 0. The van der Waals surface area contributed by atoms with Crippen LogP contribution in [0.15, 0.2) is 60.9 Å². The van der Waals surface area contributed by atoms with Gasteiger partial charge >= 0.3 is 0 Å². The predicted octanol–water partition coefficient (Wildman–Crippen LogP) is 3.78. The second kappa shape index (κ2) is 6.55. The normalized spacial score (nSPS) is 12.6. The van der Waals surface area contributed by atoms with Crippen molar-refractivity contribution in [2.24, 2.45) is 0 Å². The van der Waals surface area contributed by atoms with Crippen molar-refractivity contribution in [1.29, 1.82) is 0 Å². The van der Waals surface area contributed by atoms with Gasteiger partial charge in [-0.25, -0.2) is 0 Å². The average molecular weight is 279 g/mol. The van der Waals surface area contributed by atoms with Gasteiger partial charge in [0.05, 0.1) is 12.6 Å². The van der Waals surface area contributed by atoms with Crippen LogP contribution >= 0.6 is 0 Å². The first-order valence-corrected chi connectivity index (χ1v) is 7.57. The maximum atomic E-state index is 4.35. The molecule has 3 rings (SSSR count). The highest BCUT2D eigenvalue weighted by Gasteiger charge is 2.14. The van der Waals surface area contributed by atoms with E-state index in [9.17, 15) is 0 Å². The molecule has 108 valence electrons. The lowest BCUT2D eigenvalue weighted by Gasteiger charge is -2.21. The van der Waals surface area contributed by atoms with Crippen LogP contribution < -0.4 is 5.32 Å². The van der Waals surface area contributed by atoms with Gasteiger partial charge in [-0.1, -0.05) is 49.4 Å². The van der Waals surface area contributed by atoms with Crippen LogP contribution in [0.25, 0.3) is 10.8 Å². The summed E-state index contributed by atoms with van der Waals surface area (Å²) in [6.07, 6.45) is 4.98. The molecule has 0 aliphatic heterocycles. The van der Waals surface area contributed by atoms with Crippen LogP contribution in [0.4, 0.5) is 0 Å². The van der Waals surface area contributed by atoms with Crippen LogP contribution in [-0.2, 0) is 6.54 Å². The minimum atomic E-state index is 0.274. The second-order valence-electron chi connectivity index (χ2n) is 5.30. The molecular weight excluding hydrogens is 258 g/mol. The third-order valence-electron chi connectivity index (χ3n) is 3.77. The Morgan fingerprint density at radius 2 is 1.95 bits per heavy atom. The molecule has 1 heterocycles. The zero-order valence-corrected chi connectivity index (χ0v) is 12.4. The van der Waals surface area contributed by atoms with E-state index >= 15 is 0 Å². The number of benzene rings is 2. The van der Waals surface area contributed by atoms with Gasteiger partial charge in [0.25, 0.3) is 0 Å². The van der Waals surface area contributed by atoms with Crippen molar-refractivity contribution in [3.8, 4) is 0 Å². The van der Waals surface area contributed by atoms with Crippen molar-refractivity contribution < 1.29 is 0 Å². The van der Waals surface area contributed by atoms with E-state index in [1.165, 1.54) is 16.3 Å². The fourth-order valence-electron chi connectivity index (χ4n) is 2.74. The van der Waals surface area contributed by atoms with Crippen molar-refractivity contribution in [2.45, 2.75) is 25.9 Å². The lowest BCUT2D eigenvalue weighted by molar-refractivity contribution is 0.441. The summed E-state index contributed by atoms with van der Waals surface area (Å²) in [5.74, 6) is 0. The quantitative estimate of drug-likeness (QED) is 0.744. The molecule has 21 heavy (non-hydrogen) atoms. The number of fused-ring (bicyclic) bond motifs is 1. The summed E-state index contributed by atoms with van der Waals surface area (Å²) in [5, 5.41) is 10.6. The van der Waals surface area contributed by atoms with Gasteiger partial charge in [0.15, 0.2) is 0 Å². The molecule has 0 saturated heterocycles. The van der Waals surface area contributed by atoms with Crippen LogP contribution in [0.1, 0.15) is 24.9 Å². The number of hydrogen-bond donors (Lipinski definition) is 1. The molecule has 2 aromatic carbocycles. The topological polar surface area (TPSA) is 29.9 Å². The Balaban J connectivity index is 1.97. The van der Waals surface area contributed by atoms with Crippen LogP contribution in [0.2, 0.25) is 0 Å². The molecule has 0 saturated carbocycles. The van der Waals surface area contributed by atoms with Gasteiger partial charge in [0.2, 0.25) is 0 Å². The van der Waals surface area contributed by atoms with Crippen LogP contribution in [0, 0.1) is 0 Å². The largest absolute Gasteiger partial charge is 0.308 e. The van der Waals surface area contributed by atoms with Crippen LogP contribution in [0.5, 0.6) is 0 Å². The highest BCUT2D eigenvalue weighted by molar-refractivity contribution is 5.86. The standard InChI is InChI=1S/C18H21N3/c1-2-11-19-18(14-21-13-6-12-20-21)17-10-5-8-15-7-3-4-9-16(15)17/h3-10,12-13,18-19H,2,11,14H2,1H3. The van der Waals surface area contributed by atoms with E-state index in [-0.39, 0.29) is 6.04 Å². The summed E-state index contributed by atoms with van der Waals surface area (Å²) in [6, 6.07) is 17.4. The summed E-state index contributed by atoms with van der Waals surface area (Å²) >= 11 is 0. The lowest BCUT2D eigenvalue weighted by Crippen LogP contribution is -2.26. The SMILES string of the molecule is CCCNC(Cn1cccn1)c1cccc2ccccc12. The maximum Gasteiger partial charge on any atom is 0.0604 e. The Morgan fingerprint density at radius 1 is 1.10 bits per heavy atom. The summed E-state index contributed by atoms with van der Waals surface area (Å²) < 4.78 is 2.00. The van der Waals surface area contributed by atoms with Crippen molar-refractivity contribution in [1.82, 2.24) is 15.1 Å². The fourth-order valence-corrected chi connectivity index (χ4v) is 2.74. The van der Waals surface area contributed by atoms with E-state index in [1.54, 1.807) is 0 Å². The number of hydrogen-bond acceptors (Lipinski definition) is 2. The molecule has 0 bridgehead atoms. The molecule has 3 heteroatoms. The zero-order chi connectivity index (χ0) is 14.5. The van der Waals surface area contributed by atoms with Crippen LogP contribution in [0.3, 0.4) is 0 Å². The Labute approximate surface area is 125 Å². The van der Waals surface area contributed by atoms with Crippen molar-refractivity contribution in [2.75, 3.05) is 6.54 Å². The van der Waals surface area contributed by atoms with Gasteiger partial charge in [-0.2, -0.15) is 5.10 Å². The molecule has 1 N–H and O–H groups in total. The minimum Gasteiger partial charge on any atom is -0.308 e. The number of nitrogens with zero attached hydrogens (tertiary/aromatic N) is 2. The van der Waals surface area contributed by atoms with Gasteiger partial charge < -0.3 is 5.32 Å². The van der Waals surface area contributed by atoms with E-state index in [0.717, 1.165) is 19.5 Å². The summed E-state index contributed by atoms with van der Waals surface area (Å²) in [7, 11) is 0. The zero-order valence-electron chi connectivity index (χ0n) is 12.4. The number of aromatic nitrogens is 2. The average Bonchev–Trinajstić information content (AvgIpc) is 3.04. The van der Waals surface area contributed by atoms with E-state index in [1.807, 2.05) is 23.1 Å². The van der Waals surface area contributed by atoms with Crippen molar-refractivity contribution in [3.63, 3.8) is 0 Å². The highest BCUT2D eigenvalue weighted by Crippen LogP contribution is 2.25. The lowest BCUT2D eigenvalue weighted by atomic mass is 9.98. The summed E-state index contributed by atoms with van der Waals surface area (Å²) in [5.41, 5.74) is 1.34. The van der Waals surface area contributed by atoms with Gasteiger partial charge in [0, 0.05) is 12.4 Å². The molecule has 0 spiro atoms. The Bertz CT molecular complexity index is 683. The molecule has 3 aromatic rings. The first-order valence-electron chi connectivity index (χ1n) is 7.57. The molecule has 0 aliphatic rings. The molecule has 1 aromatic heterocycles. The van der Waals surface area contributed by atoms with E-state index in [0.29, 0.717) is 0 Å².